The van der Waals surface area contributed by atoms with Gasteiger partial charge in [0.05, 0.1) is 6.07 Å². The van der Waals surface area contributed by atoms with E-state index < -0.39 is 17.5 Å². The van der Waals surface area contributed by atoms with Crippen LogP contribution in [-0.4, -0.2) is 0 Å². The largest absolute Gasteiger partial charge is 0.206 e. The first-order valence-corrected chi connectivity index (χ1v) is 4.30. The molecule has 3 heteroatoms. The molecule has 0 spiro atoms. The molecule has 0 nitrogen and oxygen atoms in total. The van der Waals surface area contributed by atoms with Crippen molar-refractivity contribution in [3.8, 4) is 11.1 Å². The maximum atomic E-state index is 13.3. The van der Waals surface area contributed by atoms with E-state index in [1.54, 1.807) is 36.4 Å². The third-order valence-electron chi connectivity index (χ3n) is 2.01. The Labute approximate surface area is 85.0 Å². The number of hydrogen-bond donors (Lipinski definition) is 0. The second-order valence-corrected chi connectivity index (χ2v) is 3.02. The fraction of sp³-hybridized carbons (Fsp3) is 0. The number of hydrogen-bond acceptors (Lipinski definition) is 0. The second kappa shape index (κ2) is 3.77. The molecule has 0 aliphatic heterocycles. The Morgan fingerprint density at radius 1 is 0.933 bits per heavy atom. The summed E-state index contributed by atoms with van der Waals surface area (Å²) in [6, 6.07) is 10.8. The van der Waals surface area contributed by atoms with Crippen LogP contribution in [0.25, 0.3) is 11.1 Å². The number of benzene rings is 2. The standard InChI is InChI=1S/C12H6F3/c13-9-6-10(12(15)11(14)7-9)8-4-2-1-3-5-8/h1-6H. The Kier molecular flexibility index (Phi) is 2.46. The fourth-order valence-electron chi connectivity index (χ4n) is 1.33. The van der Waals surface area contributed by atoms with Gasteiger partial charge >= 0.3 is 0 Å². The van der Waals surface area contributed by atoms with Crippen molar-refractivity contribution in [2.75, 3.05) is 0 Å². The lowest BCUT2D eigenvalue weighted by molar-refractivity contribution is 0.495. The van der Waals surface area contributed by atoms with Gasteiger partial charge in [-0.25, -0.2) is 13.2 Å². The molecule has 0 unspecified atom stereocenters. The van der Waals surface area contributed by atoms with Gasteiger partial charge < -0.3 is 0 Å². The van der Waals surface area contributed by atoms with E-state index in [-0.39, 0.29) is 5.56 Å². The zero-order valence-electron chi connectivity index (χ0n) is 7.60. The van der Waals surface area contributed by atoms with Gasteiger partial charge in [-0.05, 0) is 11.6 Å². The van der Waals surface area contributed by atoms with Crippen LogP contribution in [0.5, 0.6) is 0 Å². The van der Waals surface area contributed by atoms with E-state index in [2.05, 4.69) is 0 Å². The molecule has 0 bridgehead atoms. The predicted molar refractivity (Wildman–Crippen MR) is 50.6 cm³/mol. The molecular weight excluding hydrogens is 201 g/mol. The molecule has 2 aromatic rings. The van der Waals surface area contributed by atoms with Crippen LogP contribution in [0.1, 0.15) is 0 Å². The highest BCUT2D eigenvalue weighted by Crippen LogP contribution is 2.24. The van der Waals surface area contributed by atoms with Crippen molar-refractivity contribution in [2.24, 2.45) is 0 Å². The van der Waals surface area contributed by atoms with Gasteiger partial charge in [0.15, 0.2) is 11.6 Å². The Morgan fingerprint density at radius 3 is 2.27 bits per heavy atom. The van der Waals surface area contributed by atoms with Gasteiger partial charge in [-0.15, -0.1) is 0 Å². The lowest BCUT2D eigenvalue weighted by Crippen LogP contribution is -1.92. The van der Waals surface area contributed by atoms with Crippen molar-refractivity contribution in [3.05, 3.63) is 59.9 Å². The SMILES string of the molecule is Fc1[c]c(F)c(F)c(-c2ccccc2)c1. The zero-order chi connectivity index (χ0) is 10.8. The van der Waals surface area contributed by atoms with Crippen molar-refractivity contribution in [1.82, 2.24) is 0 Å². The minimum absolute atomic E-state index is 0.0932. The molecule has 2 rings (SSSR count). The summed E-state index contributed by atoms with van der Waals surface area (Å²) < 4.78 is 39.0. The Balaban J connectivity index is 2.63. The number of halogens is 3. The Morgan fingerprint density at radius 2 is 1.60 bits per heavy atom. The van der Waals surface area contributed by atoms with E-state index in [1.807, 2.05) is 0 Å². The molecule has 15 heavy (non-hydrogen) atoms. The summed E-state index contributed by atoms with van der Waals surface area (Å²) in [5.41, 5.74) is 0.339. The maximum Gasteiger partial charge on any atom is 0.170 e. The van der Waals surface area contributed by atoms with Gasteiger partial charge in [-0.3, -0.25) is 0 Å². The number of rotatable bonds is 1. The summed E-state index contributed by atoms with van der Waals surface area (Å²) in [5, 5.41) is 0. The minimum atomic E-state index is -1.30. The topological polar surface area (TPSA) is 0 Å². The smallest absolute Gasteiger partial charge is 0.170 e. The summed E-state index contributed by atoms with van der Waals surface area (Å²) in [6.07, 6.45) is 0. The molecule has 0 aromatic heterocycles. The average Bonchev–Trinajstić information content (AvgIpc) is 2.24. The summed E-state index contributed by atoms with van der Waals surface area (Å²) in [7, 11) is 0. The molecule has 0 aliphatic rings. The maximum absolute atomic E-state index is 13.3. The van der Waals surface area contributed by atoms with Gasteiger partial charge in [0.2, 0.25) is 0 Å². The van der Waals surface area contributed by atoms with Gasteiger partial charge in [0, 0.05) is 5.56 Å². The summed E-state index contributed by atoms with van der Waals surface area (Å²) >= 11 is 0. The van der Waals surface area contributed by atoms with E-state index in [4.69, 9.17) is 0 Å². The highest BCUT2D eigenvalue weighted by atomic mass is 19.2. The average molecular weight is 207 g/mol. The van der Waals surface area contributed by atoms with Crippen molar-refractivity contribution < 1.29 is 13.2 Å². The van der Waals surface area contributed by atoms with E-state index in [1.165, 1.54) is 0 Å². The van der Waals surface area contributed by atoms with Crippen LogP contribution in [0.2, 0.25) is 0 Å². The summed E-state index contributed by atoms with van der Waals surface area (Å²) in [4.78, 5) is 0. The molecule has 0 heterocycles. The van der Waals surface area contributed by atoms with Crippen LogP contribution in [0.15, 0.2) is 36.4 Å². The van der Waals surface area contributed by atoms with Crippen LogP contribution in [0.4, 0.5) is 13.2 Å². The first-order chi connectivity index (χ1) is 7.18. The molecule has 2 aromatic carbocycles. The van der Waals surface area contributed by atoms with E-state index in [0.29, 0.717) is 5.56 Å². The Hall–Kier alpha value is -1.77. The van der Waals surface area contributed by atoms with Crippen molar-refractivity contribution in [3.63, 3.8) is 0 Å². The highest BCUT2D eigenvalue weighted by Gasteiger charge is 2.12. The monoisotopic (exact) mass is 207 g/mol. The summed E-state index contributed by atoms with van der Waals surface area (Å²) in [5.74, 6) is -3.29. The minimum Gasteiger partial charge on any atom is -0.206 e. The van der Waals surface area contributed by atoms with Gasteiger partial charge in [0.1, 0.15) is 5.82 Å². The Bertz CT molecular complexity index is 478. The van der Waals surface area contributed by atoms with Crippen molar-refractivity contribution in [1.29, 1.82) is 0 Å². The second-order valence-electron chi connectivity index (χ2n) is 3.02. The van der Waals surface area contributed by atoms with Crippen LogP contribution < -0.4 is 0 Å². The lowest BCUT2D eigenvalue weighted by Gasteiger charge is -2.03. The predicted octanol–water partition coefficient (Wildman–Crippen LogP) is 3.57. The fourth-order valence-corrected chi connectivity index (χ4v) is 1.33. The molecule has 0 aliphatic carbocycles. The first-order valence-electron chi connectivity index (χ1n) is 4.30. The van der Waals surface area contributed by atoms with Crippen molar-refractivity contribution in [2.45, 2.75) is 0 Å². The normalized spacial score (nSPS) is 10.3. The summed E-state index contributed by atoms with van der Waals surface area (Å²) in [6.45, 7) is 0. The van der Waals surface area contributed by atoms with Gasteiger partial charge in [0.25, 0.3) is 0 Å². The third-order valence-corrected chi connectivity index (χ3v) is 2.01. The van der Waals surface area contributed by atoms with E-state index in [9.17, 15) is 13.2 Å². The lowest BCUT2D eigenvalue weighted by atomic mass is 10.1. The van der Waals surface area contributed by atoms with Crippen molar-refractivity contribution >= 4 is 0 Å². The molecular formula is C12H6F3. The van der Waals surface area contributed by atoms with Crippen LogP contribution in [-0.2, 0) is 0 Å². The molecule has 0 fully saturated rings. The molecule has 75 valence electrons. The molecule has 0 N–H and O–H groups in total. The van der Waals surface area contributed by atoms with Crippen LogP contribution in [0.3, 0.4) is 0 Å². The molecule has 0 atom stereocenters. The third kappa shape index (κ3) is 1.86. The zero-order valence-corrected chi connectivity index (χ0v) is 7.60. The van der Waals surface area contributed by atoms with Crippen LogP contribution >= 0.6 is 0 Å². The molecule has 0 saturated heterocycles. The quantitative estimate of drug-likeness (QED) is 0.627. The highest BCUT2D eigenvalue weighted by molar-refractivity contribution is 5.63. The van der Waals surface area contributed by atoms with Gasteiger partial charge in [-0.1, -0.05) is 30.3 Å². The molecule has 0 saturated carbocycles. The first kappa shape index (κ1) is 9.77. The van der Waals surface area contributed by atoms with Gasteiger partial charge in [-0.2, -0.15) is 0 Å². The molecule has 0 amide bonds. The molecule has 1 radical (unpaired) electrons. The van der Waals surface area contributed by atoms with Crippen LogP contribution in [0, 0.1) is 23.5 Å². The van der Waals surface area contributed by atoms with E-state index in [0.717, 1.165) is 6.07 Å². The van der Waals surface area contributed by atoms with E-state index >= 15 is 0 Å².